The third-order valence-corrected chi connectivity index (χ3v) is 3.39. The van der Waals surface area contributed by atoms with Crippen LogP contribution in [0.15, 0.2) is 46.1 Å². The van der Waals surface area contributed by atoms with E-state index in [0.717, 1.165) is 0 Å². The number of furan rings is 1. The Morgan fingerprint density at radius 1 is 1.18 bits per heavy atom. The Morgan fingerprint density at radius 2 is 2.00 bits per heavy atom. The number of nitrogens with zero attached hydrogens (tertiary/aromatic N) is 1. The van der Waals surface area contributed by atoms with Crippen LogP contribution in [-0.4, -0.2) is 18.0 Å². The number of rotatable bonds is 4. The molecular weight excluding hydrogens is 329 g/mol. The van der Waals surface area contributed by atoms with Crippen LogP contribution in [0.5, 0.6) is 0 Å². The van der Waals surface area contributed by atoms with Crippen LogP contribution in [0, 0.1) is 0 Å². The predicted molar refractivity (Wildman–Crippen MR) is 82.8 cm³/mol. The summed E-state index contributed by atoms with van der Waals surface area (Å²) in [6.45, 7) is 0.114. The number of amides is 2. The maximum atomic E-state index is 11.5. The second-order valence-electron chi connectivity index (χ2n) is 4.10. The average Bonchev–Trinajstić information content (AvgIpc) is 3.02. The smallest absolute Gasteiger partial charge is 0.329 e. The fraction of sp³-hybridized carbons (Fsp3) is 0.0714. The molecule has 0 saturated carbocycles. The molecular formula is C14H11Cl2N3O3. The molecule has 0 unspecified atom stereocenters. The highest BCUT2D eigenvalue weighted by atomic mass is 35.5. The van der Waals surface area contributed by atoms with Crippen LogP contribution in [0.4, 0.5) is 0 Å². The van der Waals surface area contributed by atoms with Crippen LogP contribution in [0.2, 0.25) is 10.0 Å². The molecule has 2 amide bonds. The molecule has 0 aliphatic carbocycles. The topological polar surface area (TPSA) is 83.7 Å². The summed E-state index contributed by atoms with van der Waals surface area (Å²) >= 11 is 11.8. The molecule has 114 valence electrons. The molecule has 1 aromatic heterocycles. The molecule has 0 atom stereocenters. The van der Waals surface area contributed by atoms with Gasteiger partial charge in [0.25, 0.3) is 0 Å². The second kappa shape index (κ2) is 7.63. The Kier molecular flexibility index (Phi) is 5.57. The zero-order valence-corrected chi connectivity index (χ0v) is 12.7. The van der Waals surface area contributed by atoms with E-state index in [0.29, 0.717) is 21.4 Å². The first-order valence-corrected chi connectivity index (χ1v) is 6.91. The molecule has 0 aliphatic rings. The van der Waals surface area contributed by atoms with E-state index >= 15 is 0 Å². The Labute approximate surface area is 136 Å². The molecule has 6 nitrogen and oxygen atoms in total. The van der Waals surface area contributed by atoms with E-state index < -0.39 is 11.8 Å². The molecule has 8 heteroatoms. The van der Waals surface area contributed by atoms with Crippen molar-refractivity contribution >= 4 is 41.2 Å². The number of carbonyl (C=O) groups excluding carboxylic acids is 2. The Morgan fingerprint density at radius 3 is 2.73 bits per heavy atom. The quantitative estimate of drug-likeness (QED) is 0.509. The van der Waals surface area contributed by atoms with Gasteiger partial charge in [0.15, 0.2) is 0 Å². The monoisotopic (exact) mass is 339 g/mol. The summed E-state index contributed by atoms with van der Waals surface area (Å²) in [6, 6.07) is 8.34. The fourth-order valence-corrected chi connectivity index (χ4v) is 1.85. The van der Waals surface area contributed by atoms with E-state index in [1.54, 1.807) is 30.3 Å². The van der Waals surface area contributed by atoms with Crippen molar-refractivity contribution in [2.75, 3.05) is 0 Å². The first kappa shape index (κ1) is 16.1. The van der Waals surface area contributed by atoms with E-state index in [1.807, 2.05) is 0 Å². The molecule has 0 bridgehead atoms. The molecule has 0 saturated heterocycles. The number of nitrogens with one attached hydrogen (secondary N) is 2. The lowest BCUT2D eigenvalue weighted by molar-refractivity contribution is -0.139. The number of hydrogen-bond donors (Lipinski definition) is 2. The van der Waals surface area contributed by atoms with Crippen molar-refractivity contribution in [1.82, 2.24) is 10.7 Å². The van der Waals surface area contributed by atoms with Gasteiger partial charge in [-0.15, -0.1) is 0 Å². The van der Waals surface area contributed by atoms with Gasteiger partial charge >= 0.3 is 11.8 Å². The van der Waals surface area contributed by atoms with Crippen molar-refractivity contribution < 1.29 is 14.0 Å². The molecule has 22 heavy (non-hydrogen) atoms. The predicted octanol–water partition coefficient (Wildman–Crippen LogP) is 2.35. The van der Waals surface area contributed by atoms with Gasteiger partial charge < -0.3 is 9.73 Å². The summed E-state index contributed by atoms with van der Waals surface area (Å²) < 4.78 is 5.02. The summed E-state index contributed by atoms with van der Waals surface area (Å²) in [5, 5.41) is 6.72. The van der Waals surface area contributed by atoms with Crippen LogP contribution >= 0.6 is 23.2 Å². The highest BCUT2D eigenvalue weighted by Crippen LogP contribution is 2.23. The molecule has 1 heterocycles. The fourth-order valence-electron chi connectivity index (χ4n) is 1.49. The third-order valence-electron chi connectivity index (χ3n) is 2.56. The summed E-state index contributed by atoms with van der Waals surface area (Å²) in [6.07, 6.45) is 2.77. The van der Waals surface area contributed by atoms with Crippen LogP contribution < -0.4 is 10.7 Å². The summed E-state index contributed by atoms with van der Waals surface area (Å²) in [5.41, 5.74) is 2.61. The molecule has 2 rings (SSSR count). The SMILES string of the molecule is O=C(NCc1ccco1)C(=O)N/N=C\c1cccc(Cl)c1Cl. The lowest BCUT2D eigenvalue weighted by atomic mass is 10.2. The number of carbonyl (C=O) groups is 2. The van der Waals surface area contributed by atoms with E-state index in [-0.39, 0.29) is 6.54 Å². The van der Waals surface area contributed by atoms with Crippen LogP contribution in [0.25, 0.3) is 0 Å². The zero-order valence-electron chi connectivity index (χ0n) is 11.2. The number of hydrogen-bond acceptors (Lipinski definition) is 4. The minimum Gasteiger partial charge on any atom is -0.467 e. The molecule has 0 spiro atoms. The number of hydrazone groups is 1. The third kappa shape index (κ3) is 4.34. The minimum absolute atomic E-state index is 0.114. The van der Waals surface area contributed by atoms with Gasteiger partial charge in [0.1, 0.15) is 5.76 Å². The van der Waals surface area contributed by atoms with Crippen molar-refractivity contribution in [2.24, 2.45) is 5.10 Å². The maximum absolute atomic E-state index is 11.5. The zero-order chi connectivity index (χ0) is 15.9. The van der Waals surface area contributed by atoms with Gasteiger partial charge in [0.05, 0.1) is 29.1 Å². The Balaban J connectivity index is 1.85. The average molecular weight is 340 g/mol. The van der Waals surface area contributed by atoms with Gasteiger partial charge in [-0.2, -0.15) is 5.10 Å². The van der Waals surface area contributed by atoms with E-state index in [2.05, 4.69) is 15.8 Å². The summed E-state index contributed by atoms with van der Waals surface area (Å²) in [7, 11) is 0. The molecule has 0 aliphatic heterocycles. The lowest BCUT2D eigenvalue weighted by Gasteiger charge is -2.02. The first-order valence-electron chi connectivity index (χ1n) is 6.15. The first-order chi connectivity index (χ1) is 10.6. The molecule has 2 aromatic rings. The molecule has 0 fully saturated rings. The molecule has 1 aromatic carbocycles. The number of halogens is 2. The molecule has 0 radical (unpaired) electrons. The summed E-state index contributed by atoms with van der Waals surface area (Å²) in [4.78, 5) is 23.0. The Hall–Kier alpha value is -2.31. The van der Waals surface area contributed by atoms with E-state index in [1.165, 1.54) is 12.5 Å². The second-order valence-corrected chi connectivity index (χ2v) is 4.89. The van der Waals surface area contributed by atoms with E-state index in [9.17, 15) is 9.59 Å². The maximum Gasteiger partial charge on any atom is 0.329 e. The van der Waals surface area contributed by atoms with Crippen LogP contribution in [-0.2, 0) is 16.1 Å². The molecule has 2 N–H and O–H groups in total. The highest BCUT2D eigenvalue weighted by molar-refractivity contribution is 6.43. The van der Waals surface area contributed by atoms with Crippen molar-refractivity contribution in [3.05, 3.63) is 58.0 Å². The van der Waals surface area contributed by atoms with Gasteiger partial charge in [-0.05, 0) is 18.2 Å². The minimum atomic E-state index is -0.902. The highest BCUT2D eigenvalue weighted by Gasteiger charge is 2.12. The van der Waals surface area contributed by atoms with Gasteiger partial charge in [-0.25, -0.2) is 5.43 Å². The largest absolute Gasteiger partial charge is 0.467 e. The summed E-state index contributed by atoms with van der Waals surface area (Å²) in [5.74, 6) is -1.19. The normalized spacial score (nSPS) is 10.6. The van der Waals surface area contributed by atoms with Gasteiger partial charge in [-0.3, -0.25) is 9.59 Å². The van der Waals surface area contributed by atoms with Crippen molar-refractivity contribution in [2.45, 2.75) is 6.54 Å². The van der Waals surface area contributed by atoms with E-state index in [4.69, 9.17) is 27.6 Å². The van der Waals surface area contributed by atoms with Gasteiger partial charge in [0, 0.05) is 5.56 Å². The van der Waals surface area contributed by atoms with Crippen molar-refractivity contribution in [1.29, 1.82) is 0 Å². The van der Waals surface area contributed by atoms with Gasteiger partial charge in [-0.1, -0.05) is 35.3 Å². The standard InChI is InChI=1S/C14H11Cl2N3O3/c15-11-5-1-3-9(12(11)16)7-18-19-14(21)13(20)17-8-10-4-2-6-22-10/h1-7H,8H2,(H,17,20)(H,19,21)/b18-7-. The number of benzene rings is 1. The lowest BCUT2D eigenvalue weighted by Crippen LogP contribution is -2.37. The Bertz CT molecular complexity index is 699. The van der Waals surface area contributed by atoms with Crippen LogP contribution in [0.3, 0.4) is 0 Å². The van der Waals surface area contributed by atoms with Gasteiger partial charge in [0.2, 0.25) is 0 Å². The van der Waals surface area contributed by atoms with Crippen molar-refractivity contribution in [3.8, 4) is 0 Å². The van der Waals surface area contributed by atoms with Crippen molar-refractivity contribution in [3.63, 3.8) is 0 Å². The van der Waals surface area contributed by atoms with Crippen LogP contribution in [0.1, 0.15) is 11.3 Å².